The highest BCUT2D eigenvalue weighted by molar-refractivity contribution is 5.14. The van der Waals surface area contributed by atoms with E-state index in [2.05, 4.69) is 15.1 Å². The van der Waals surface area contributed by atoms with E-state index in [9.17, 15) is 4.91 Å². The second-order valence-electron chi connectivity index (χ2n) is 2.92. The number of aromatic nitrogens is 2. The van der Waals surface area contributed by atoms with Crippen LogP contribution >= 0.6 is 0 Å². The van der Waals surface area contributed by atoms with E-state index < -0.39 is 0 Å². The largest absolute Gasteiger partial charge is 0.348 e. The second-order valence-corrected chi connectivity index (χ2v) is 2.92. The molecule has 1 fully saturated rings. The lowest BCUT2D eigenvalue weighted by Gasteiger charge is -1.89. The average Bonchev–Trinajstić information content (AvgIpc) is 2.61. The monoisotopic (exact) mass is 151 g/mol. The van der Waals surface area contributed by atoms with Gasteiger partial charge in [0.15, 0.2) is 0 Å². The smallest absolute Gasteiger partial charge is 0.0921 e. The Labute approximate surface area is 64.0 Å². The molecule has 4 heteroatoms. The van der Waals surface area contributed by atoms with Crippen LogP contribution in [0.5, 0.6) is 0 Å². The Morgan fingerprint density at radius 3 is 3.36 bits per heavy atom. The van der Waals surface area contributed by atoms with Gasteiger partial charge in [-0.15, -0.1) is 0 Å². The molecule has 4 nitrogen and oxygen atoms in total. The van der Waals surface area contributed by atoms with Crippen molar-refractivity contribution in [2.24, 2.45) is 11.1 Å². The Hall–Kier alpha value is -1.19. The Morgan fingerprint density at radius 2 is 2.73 bits per heavy atom. The fourth-order valence-electron chi connectivity index (χ4n) is 1.40. The molecule has 0 aliphatic heterocycles. The normalized spacial score (nSPS) is 28.4. The number of hydrogen-bond acceptors (Lipinski definition) is 3. The Balaban J connectivity index is 1.97. The summed E-state index contributed by atoms with van der Waals surface area (Å²) >= 11 is 0. The van der Waals surface area contributed by atoms with E-state index in [1.807, 2.05) is 6.20 Å². The van der Waals surface area contributed by atoms with Crippen molar-refractivity contribution < 1.29 is 0 Å². The third-order valence-corrected chi connectivity index (χ3v) is 2.15. The van der Waals surface area contributed by atoms with Crippen LogP contribution in [0, 0.1) is 10.8 Å². The Bertz CT molecular complexity index is 244. The maximum absolute atomic E-state index is 9.89. The molecule has 2 atom stereocenters. The summed E-state index contributed by atoms with van der Waals surface area (Å²) in [6.45, 7) is 0.448. The predicted octanol–water partition coefficient (Wildman–Crippen LogP) is 1.28. The summed E-state index contributed by atoms with van der Waals surface area (Å²) in [6, 6.07) is 0. The van der Waals surface area contributed by atoms with Crippen molar-refractivity contribution in [3.05, 3.63) is 23.1 Å². The molecule has 0 saturated heterocycles. The lowest BCUT2D eigenvalue weighted by molar-refractivity contribution is 0.797. The van der Waals surface area contributed by atoms with Crippen LogP contribution < -0.4 is 0 Å². The number of aromatic amines is 1. The van der Waals surface area contributed by atoms with E-state index in [0.29, 0.717) is 18.4 Å². The number of imidazole rings is 1. The van der Waals surface area contributed by atoms with Gasteiger partial charge in [0.1, 0.15) is 0 Å². The molecule has 0 bridgehead atoms. The first kappa shape index (κ1) is 6.52. The number of hydrogen-bond donors (Lipinski definition) is 1. The van der Waals surface area contributed by atoms with Gasteiger partial charge in [0.05, 0.1) is 12.9 Å². The minimum absolute atomic E-state index is 0.448. The van der Waals surface area contributed by atoms with Crippen LogP contribution in [0.3, 0.4) is 0 Å². The Morgan fingerprint density at radius 1 is 1.82 bits per heavy atom. The van der Waals surface area contributed by atoms with Crippen molar-refractivity contribution in [1.29, 1.82) is 0 Å². The van der Waals surface area contributed by atoms with Crippen LogP contribution in [0.4, 0.5) is 0 Å². The highest BCUT2D eigenvalue weighted by Crippen LogP contribution is 2.46. The summed E-state index contributed by atoms with van der Waals surface area (Å²) in [6.07, 6.45) is 4.56. The summed E-state index contributed by atoms with van der Waals surface area (Å²) in [5.74, 6) is 0.975. The molecule has 1 aromatic heterocycles. The van der Waals surface area contributed by atoms with Crippen LogP contribution in [0.1, 0.15) is 18.0 Å². The van der Waals surface area contributed by atoms with Gasteiger partial charge in [-0.25, -0.2) is 4.98 Å². The molecule has 0 radical (unpaired) electrons. The van der Waals surface area contributed by atoms with Crippen molar-refractivity contribution in [3.63, 3.8) is 0 Å². The van der Waals surface area contributed by atoms with E-state index in [4.69, 9.17) is 0 Å². The lowest BCUT2D eigenvalue weighted by Crippen LogP contribution is -1.86. The molecule has 1 saturated carbocycles. The van der Waals surface area contributed by atoms with Gasteiger partial charge in [-0.1, -0.05) is 5.18 Å². The average molecular weight is 151 g/mol. The standard InChI is InChI=1S/C7H9N3O/c11-10-2-5-1-6(5)7-3-8-4-9-7/h3-6H,1-2H2,(H,8,9). The summed E-state index contributed by atoms with van der Waals surface area (Å²) in [5, 5.41) is 2.87. The van der Waals surface area contributed by atoms with Gasteiger partial charge in [0.2, 0.25) is 0 Å². The van der Waals surface area contributed by atoms with Crippen molar-refractivity contribution in [3.8, 4) is 0 Å². The van der Waals surface area contributed by atoms with Gasteiger partial charge in [-0.05, 0) is 12.3 Å². The number of nitrogens with zero attached hydrogens (tertiary/aromatic N) is 2. The van der Waals surface area contributed by atoms with E-state index in [-0.39, 0.29) is 0 Å². The molecule has 1 N–H and O–H groups in total. The molecule has 1 aliphatic rings. The molecule has 2 unspecified atom stereocenters. The second kappa shape index (κ2) is 2.45. The van der Waals surface area contributed by atoms with E-state index >= 15 is 0 Å². The maximum Gasteiger partial charge on any atom is 0.0921 e. The molecule has 58 valence electrons. The molecular weight excluding hydrogens is 142 g/mol. The third kappa shape index (κ3) is 1.15. The molecule has 0 amide bonds. The van der Waals surface area contributed by atoms with Crippen molar-refractivity contribution in [1.82, 2.24) is 9.97 Å². The molecule has 11 heavy (non-hydrogen) atoms. The Kier molecular flexibility index (Phi) is 1.45. The van der Waals surface area contributed by atoms with Gasteiger partial charge in [-0.3, -0.25) is 0 Å². The van der Waals surface area contributed by atoms with Crippen LogP contribution in [0.15, 0.2) is 17.7 Å². The summed E-state index contributed by atoms with van der Waals surface area (Å²) in [4.78, 5) is 16.8. The quantitative estimate of drug-likeness (QED) is 0.661. The van der Waals surface area contributed by atoms with E-state index in [0.717, 1.165) is 12.1 Å². The number of nitrogens with one attached hydrogen (secondary N) is 1. The summed E-state index contributed by atoms with van der Waals surface area (Å²) < 4.78 is 0. The molecule has 0 aromatic carbocycles. The molecular formula is C7H9N3O. The minimum Gasteiger partial charge on any atom is -0.348 e. The van der Waals surface area contributed by atoms with Crippen LogP contribution in [0.2, 0.25) is 0 Å². The van der Waals surface area contributed by atoms with Crippen molar-refractivity contribution in [2.75, 3.05) is 6.54 Å². The molecule has 2 rings (SSSR count). The molecule has 0 spiro atoms. The fourth-order valence-corrected chi connectivity index (χ4v) is 1.40. The van der Waals surface area contributed by atoms with Crippen LogP contribution in [-0.2, 0) is 0 Å². The van der Waals surface area contributed by atoms with Gasteiger partial charge >= 0.3 is 0 Å². The van der Waals surface area contributed by atoms with E-state index in [1.54, 1.807) is 6.33 Å². The first-order valence-corrected chi connectivity index (χ1v) is 3.69. The van der Waals surface area contributed by atoms with Crippen molar-refractivity contribution >= 4 is 0 Å². The maximum atomic E-state index is 9.89. The summed E-state index contributed by atoms with van der Waals surface area (Å²) in [7, 11) is 0. The predicted molar refractivity (Wildman–Crippen MR) is 40.1 cm³/mol. The topological polar surface area (TPSA) is 58.1 Å². The van der Waals surface area contributed by atoms with Gasteiger partial charge < -0.3 is 4.98 Å². The zero-order valence-corrected chi connectivity index (χ0v) is 6.03. The number of nitroso groups, excluding NO2 is 1. The van der Waals surface area contributed by atoms with Gasteiger partial charge in [0, 0.05) is 17.8 Å². The minimum atomic E-state index is 0.448. The number of rotatable bonds is 3. The first-order chi connectivity index (χ1) is 5.42. The zero-order chi connectivity index (χ0) is 7.68. The highest BCUT2D eigenvalue weighted by Gasteiger charge is 2.39. The fraction of sp³-hybridized carbons (Fsp3) is 0.571. The van der Waals surface area contributed by atoms with Gasteiger partial charge in [-0.2, -0.15) is 4.91 Å². The molecule has 1 aromatic rings. The molecule has 1 heterocycles. The van der Waals surface area contributed by atoms with E-state index in [1.165, 1.54) is 0 Å². The lowest BCUT2D eigenvalue weighted by atomic mass is 10.2. The SMILES string of the molecule is O=NCC1CC1c1cnc[nH]1. The van der Waals surface area contributed by atoms with Crippen LogP contribution in [-0.4, -0.2) is 16.5 Å². The summed E-state index contributed by atoms with van der Waals surface area (Å²) in [5.41, 5.74) is 1.14. The third-order valence-electron chi connectivity index (χ3n) is 2.15. The number of H-pyrrole nitrogens is 1. The van der Waals surface area contributed by atoms with Crippen molar-refractivity contribution in [2.45, 2.75) is 12.3 Å². The van der Waals surface area contributed by atoms with Gasteiger partial charge in [0.25, 0.3) is 0 Å². The highest BCUT2D eigenvalue weighted by atomic mass is 16.3. The zero-order valence-electron chi connectivity index (χ0n) is 6.03. The first-order valence-electron chi connectivity index (χ1n) is 3.69. The van der Waals surface area contributed by atoms with Crippen LogP contribution in [0.25, 0.3) is 0 Å². The molecule has 1 aliphatic carbocycles.